The maximum absolute atomic E-state index is 11.9. The van der Waals surface area contributed by atoms with Gasteiger partial charge in [-0.05, 0) is 37.7 Å². The summed E-state index contributed by atoms with van der Waals surface area (Å²) in [5.74, 6) is 0.174. The number of carbonyl (C=O) groups excluding carboxylic acids is 1. The molecule has 0 aliphatic carbocycles. The van der Waals surface area contributed by atoms with Gasteiger partial charge in [-0.15, -0.1) is 0 Å². The van der Waals surface area contributed by atoms with Gasteiger partial charge >= 0.3 is 0 Å². The van der Waals surface area contributed by atoms with E-state index >= 15 is 0 Å². The van der Waals surface area contributed by atoms with Crippen molar-refractivity contribution < 1.29 is 4.79 Å². The van der Waals surface area contributed by atoms with Crippen LogP contribution in [0.3, 0.4) is 0 Å². The van der Waals surface area contributed by atoms with E-state index in [0.717, 1.165) is 19.5 Å². The number of nitrogens with one attached hydrogen (secondary N) is 1. The Labute approximate surface area is 131 Å². The highest BCUT2D eigenvalue weighted by Crippen LogP contribution is 2.03. The molecule has 1 aromatic heterocycles. The van der Waals surface area contributed by atoms with Gasteiger partial charge in [0.1, 0.15) is 11.5 Å². The topological polar surface area (TPSA) is 71.2 Å². The fourth-order valence-electron chi connectivity index (χ4n) is 2.19. The summed E-state index contributed by atoms with van der Waals surface area (Å²) < 4.78 is 0. The number of nitrogen functional groups attached to an aromatic ring is 1. The number of rotatable bonds is 7. The SMILES string of the molecule is CN(CCCNC(=O)c1cccc(N)n1)Cc1ccccc1. The maximum atomic E-state index is 11.9. The molecule has 5 heteroatoms. The fourth-order valence-corrected chi connectivity index (χ4v) is 2.19. The summed E-state index contributed by atoms with van der Waals surface area (Å²) >= 11 is 0. The molecule has 0 aliphatic rings. The van der Waals surface area contributed by atoms with Crippen molar-refractivity contribution in [3.63, 3.8) is 0 Å². The Kier molecular flexibility index (Phi) is 5.91. The van der Waals surface area contributed by atoms with E-state index in [0.29, 0.717) is 18.1 Å². The van der Waals surface area contributed by atoms with Crippen molar-refractivity contribution in [2.24, 2.45) is 0 Å². The highest BCUT2D eigenvalue weighted by Gasteiger charge is 2.06. The summed E-state index contributed by atoms with van der Waals surface area (Å²) in [6.07, 6.45) is 0.886. The lowest BCUT2D eigenvalue weighted by Gasteiger charge is -2.16. The van der Waals surface area contributed by atoms with Gasteiger partial charge in [0.05, 0.1) is 0 Å². The van der Waals surface area contributed by atoms with Gasteiger partial charge in [-0.3, -0.25) is 4.79 Å². The first-order valence-electron chi connectivity index (χ1n) is 7.38. The zero-order chi connectivity index (χ0) is 15.8. The van der Waals surface area contributed by atoms with E-state index in [1.54, 1.807) is 18.2 Å². The summed E-state index contributed by atoms with van der Waals surface area (Å²) in [7, 11) is 2.08. The molecule has 0 saturated carbocycles. The molecule has 116 valence electrons. The number of amides is 1. The van der Waals surface area contributed by atoms with Crippen LogP contribution in [0.5, 0.6) is 0 Å². The highest BCUT2D eigenvalue weighted by atomic mass is 16.1. The van der Waals surface area contributed by atoms with Gasteiger partial charge in [-0.25, -0.2) is 4.98 Å². The lowest BCUT2D eigenvalue weighted by atomic mass is 10.2. The summed E-state index contributed by atoms with van der Waals surface area (Å²) in [6, 6.07) is 15.4. The van der Waals surface area contributed by atoms with Crippen LogP contribution >= 0.6 is 0 Å². The predicted molar refractivity (Wildman–Crippen MR) is 88.4 cm³/mol. The molecule has 5 nitrogen and oxygen atoms in total. The third-order valence-corrected chi connectivity index (χ3v) is 3.30. The molecule has 2 aromatic rings. The molecule has 0 bridgehead atoms. The van der Waals surface area contributed by atoms with Gasteiger partial charge in [0.2, 0.25) is 0 Å². The minimum atomic E-state index is -0.182. The normalized spacial score (nSPS) is 10.6. The second kappa shape index (κ2) is 8.14. The molecule has 0 aliphatic heterocycles. The Morgan fingerprint density at radius 1 is 1.18 bits per heavy atom. The van der Waals surface area contributed by atoms with Gasteiger partial charge in [-0.1, -0.05) is 36.4 Å². The lowest BCUT2D eigenvalue weighted by Crippen LogP contribution is -2.28. The summed E-state index contributed by atoms with van der Waals surface area (Å²) in [6.45, 7) is 2.44. The average molecular weight is 298 g/mol. The number of anilines is 1. The summed E-state index contributed by atoms with van der Waals surface area (Å²) in [5.41, 5.74) is 7.22. The van der Waals surface area contributed by atoms with Crippen molar-refractivity contribution in [3.05, 3.63) is 59.8 Å². The van der Waals surface area contributed by atoms with Gasteiger partial charge in [0, 0.05) is 13.1 Å². The molecule has 1 aromatic carbocycles. The van der Waals surface area contributed by atoms with E-state index in [1.807, 2.05) is 18.2 Å². The van der Waals surface area contributed by atoms with Crippen LogP contribution in [0, 0.1) is 0 Å². The second-order valence-corrected chi connectivity index (χ2v) is 5.28. The summed E-state index contributed by atoms with van der Waals surface area (Å²) in [4.78, 5) is 18.1. The quantitative estimate of drug-likeness (QED) is 0.766. The van der Waals surface area contributed by atoms with Crippen molar-refractivity contribution in [2.45, 2.75) is 13.0 Å². The van der Waals surface area contributed by atoms with Crippen LogP contribution in [0.1, 0.15) is 22.5 Å². The molecular formula is C17H22N4O. The van der Waals surface area contributed by atoms with Crippen LogP contribution in [0.4, 0.5) is 5.82 Å². The zero-order valence-electron chi connectivity index (χ0n) is 12.8. The van der Waals surface area contributed by atoms with Crippen molar-refractivity contribution in [1.82, 2.24) is 15.2 Å². The molecule has 1 heterocycles. The number of pyridine rings is 1. The first-order valence-corrected chi connectivity index (χ1v) is 7.38. The van der Waals surface area contributed by atoms with Crippen molar-refractivity contribution in [3.8, 4) is 0 Å². The van der Waals surface area contributed by atoms with Gasteiger partial charge in [0.15, 0.2) is 0 Å². The van der Waals surface area contributed by atoms with Crippen LogP contribution in [-0.4, -0.2) is 35.9 Å². The molecule has 3 N–H and O–H groups in total. The Hall–Kier alpha value is -2.40. The monoisotopic (exact) mass is 298 g/mol. The average Bonchev–Trinajstić information content (AvgIpc) is 2.52. The van der Waals surface area contributed by atoms with E-state index in [9.17, 15) is 4.79 Å². The molecule has 1 amide bonds. The number of nitrogens with two attached hydrogens (primary N) is 1. The van der Waals surface area contributed by atoms with Crippen molar-refractivity contribution in [2.75, 3.05) is 25.9 Å². The molecule has 2 rings (SSSR count). The number of carbonyl (C=O) groups is 1. The van der Waals surface area contributed by atoms with Crippen molar-refractivity contribution >= 4 is 11.7 Å². The molecular weight excluding hydrogens is 276 g/mol. The smallest absolute Gasteiger partial charge is 0.269 e. The third kappa shape index (κ3) is 5.18. The minimum Gasteiger partial charge on any atom is -0.384 e. The molecule has 0 spiro atoms. The first-order chi connectivity index (χ1) is 10.6. The van der Waals surface area contributed by atoms with E-state index in [-0.39, 0.29) is 5.91 Å². The first kappa shape index (κ1) is 16.0. The Balaban J connectivity index is 1.67. The third-order valence-electron chi connectivity index (χ3n) is 3.30. The molecule has 0 radical (unpaired) electrons. The number of aromatic nitrogens is 1. The lowest BCUT2D eigenvalue weighted by molar-refractivity contribution is 0.0947. The van der Waals surface area contributed by atoms with Crippen molar-refractivity contribution in [1.29, 1.82) is 0 Å². The van der Waals surface area contributed by atoms with Crippen LogP contribution in [-0.2, 0) is 6.54 Å². The Morgan fingerprint density at radius 2 is 1.95 bits per heavy atom. The number of hydrogen-bond donors (Lipinski definition) is 2. The van der Waals surface area contributed by atoms with E-state index in [2.05, 4.69) is 34.4 Å². The Morgan fingerprint density at radius 3 is 2.68 bits per heavy atom. The molecule has 0 fully saturated rings. The fraction of sp³-hybridized carbons (Fsp3) is 0.294. The Bertz CT molecular complexity index is 601. The van der Waals surface area contributed by atoms with Crippen LogP contribution in [0.15, 0.2) is 48.5 Å². The summed E-state index contributed by atoms with van der Waals surface area (Å²) in [5, 5.41) is 2.86. The minimum absolute atomic E-state index is 0.182. The number of nitrogens with zero attached hydrogens (tertiary/aromatic N) is 2. The molecule has 22 heavy (non-hydrogen) atoms. The standard InChI is InChI=1S/C17H22N4O/c1-21(13-14-7-3-2-4-8-14)12-6-11-19-17(22)15-9-5-10-16(18)20-15/h2-5,7-10H,6,11-13H2,1H3,(H2,18,20)(H,19,22). The predicted octanol–water partition coefficient (Wildman–Crippen LogP) is 1.92. The largest absolute Gasteiger partial charge is 0.384 e. The zero-order valence-corrected chi connectivity index (χ0v) is 12.8. The van der Waals surface area contributed by atoms with E-state index < -0.39 is 0 Å². The number of benzene rings is 1. The second-order valence-electron chi connectivity index (χ2n) is 5.28. The van der Waals surface area contributed by atoms with E-state index in [4.69, 9.17) is 5.73 Å². The van der Waals surface area contributed by atoms with Gasteiger partial charge in [0.25, 0.3) is 5.91 Å². The molecule has 0 saturated heterocycles. The van der Waals surface area contributed by atoms with Crippen LogP contribution in [0.25, 0.3) is 0 Å². The highest BCUT2D eigenvalue weighted by molar-refractivity contribution is 5.92. The maximum Gasteiger partial charge on any atom is 0.269 e. The molecule has 0 unspecified atom stereocenters. The number of hydrogen-bond acceptors (Lipinski definition) is 4. The molecule has 0 atom stereocenters. The van der Waals surface area contributed by atoms with E-state index in [1.165, 1.54) is 5.56 Å². The van der Waals surface area contributed by atoms with Crippen LogP contribution in [0.2, 0.25) is 0 Å². The van der Waals surface area contributed by atoms with Gasteiger partial charge in [-0.2, -0.15) is 0 Å². The van der Waals surface area contributed by atoms with Crippen LogP contribution < -0.4 is 11.1 Å². The van der Waals surface area contributed by atoms with Gasteiger partial charge < -0.3 is 16.0 Å².